The third kappa shape index (κ3) is 4.09. The van der Waals surface area contributed by atoms with Crippen molar-refractivity contribution in [1.82, 2.24) is 4.72 Å². The van der Waals surface area contributed by atoms with Gasteiger partial charge in [-0.05, 0) is 5.56 Å². The quantitative estimate of drug-likeness (QED) is 0.469. The summed E-state index contributed by atoms with van der Waals surface area (Å²) in [6.07, 6.45) is 0. The average Bonchev–Trinajstić information content (AvgIpc) is 2.26. The molecule has 0 saturated heterocycles. The molecule has 0 aliphatic rings. The number of ketones is 1. The molecule has 15 heavy (non-hydrogen) atoms. The molecule has 0 radical (unpaired) electrons. The van der Waals surface area contributed by atoms with Crippen molar-refractivity contribution in [3.05, 3.63) is 35.4 Å². The van der Waals surface area contributed by atoms with Crippen molar-refractivity contribution in [1.29, 1.82) is 0 Å². The zero-order valence-electron chi connectivity index (χ0n) is 7.77. The fourth-order valence-corrected chi connectivity index (χ4v) is 1.48. The first-order valence-electron chi connectivity index (χ1n) is 4.16. The van der Waals surface area contributed by atoms with Crippen LogP contribution in [-0.4, -0.2) is 20.4 Å². The highest BCUT2D eigenvalue weighted by Crippen LogP contribution is 2.06. The molecule has 1 aromatic rings. The van der Waals surface area contributed by atoms with Gasteiger partial charge < -0.3 is 0 Å². The topological polar surface area (TPSA) is 66.4 Å². The van der Waals surface area contributed by atoms with Crippen LogP contribution in [0.15, 0.2) is 24.3 Å². The number of carbonyl (C=O) groups excluding carboxylic acids is 1. The first kappa shape index (κ1) is 12.3. The molecule has 82 valence electrons. The van der Waals surface area contributed by atoms with E-state index in [-0.39, 0.29) is 18.2 Å². The Kier molecular flexibility index (Phi) is 4.90. The third-order valence-corrected chi connectivity index (χ3v) is 2.43. The maximum atomic E-state index is 11.2. The maximum Gasteiger partial charge on any atom is 0.232 e. The maximum absolute atomic E-state index is 11.2. The van der Waals surface area contributed by atoms with E-state index in [4.69, 9.17) is 16.2 Å². The van der Waals surface area contributed by atoms with Gasteiger partial charge in [-0.3, -0.25) is 9.35 Å². The number of hydrogen-bond donors (Lipinski definition) is 2. The number of halogens is 1. The Bertz CT molecular complexity index is 366. The minimum absolute atomic E-state index is 0.0434. The Morgan fingerprint density at radius 1 is 1.40 bits per heavy atom. The predicted octanol–water partition coefficient (Wildman–Crippen LogP) is 1.33. The van der Waals surface area contributed by atoms with Crippen LogP contribution in [-0.2, 0) is 17.8 Å². The van der Waals surface area contributed by atoms with E-state index in [0.29, 0.717) is 5.56 Å². The van der Waals surface area contributed by atoms with Crippen LogP contribution < -0.4 is 4.72 Å². The van der Waals surface area contributed by atoms with Crippen molar-refractivity contribution in [3.8, 4) is 0 Å². The summed E-state index contributed by atoms with van der Waals surface area (Å²) in [7, 11) is 0. The average molecular weight is 248 g/mol. The van der Waals surface area contributed by atoms with Crippen LogP contribution in [0, 0.1) is 0 Å². The standard InChI is InChI=1S/C9H10ClNO3S/c10-5-9(12)8-3-1-7(2-4-8)6-11-15(13)14/h1-4,11H,5-6H2,(H,13,14). The largest absolute Gasteiger partial charge is 0.294 e. The number of Topliss-reactive ketones (excluding diaryl/α,β-unsaturated/α-hetero) is 1. The number of benzene rings is 1. The number of carbonyl (C=O) groups is 1. The second-order valence-electron chi connectivity index (χ2n) is 2.82. The minimum atomic E-state index is -2.02. The molecule has 1 atom stereocenters. The van der Waals surface area contributed by atoms with Gasteiger partial charge in [0, 0.05) is 12.1 Å². The Hall–Kier alpha value is -0.750. The molecule has 0 spiro atoms. The molecule has 0 saturated carbocycles. The van der Waals surface area contributed by atoms with Gasteiger partial charge in [0.2, 0.25) is 11.3 Å². The summed E-state index contributed by atoms with van der Waals surface area (Å²) in [5, 5.41) is 0. The first-order chi connectivity index (χ1) is 7.13. The molecular weight excluding hydrogens is 238 g/mol. The van der Waals surface area contributed by atoms with Crippen molar-refractivity contribution in [2.45, 2.75) is 6.54 Å². The number of alkyl halides is 1. The van der Waals surface area contributed by atoms with E-state index in [1.54, 1.807) is 24.3 Å². The Morgan fingerprint density at radius 3 is 2.47 bits per heavy atom. The van der Waals surface area contributed by atoms with E-state index in [1.165, 1.54) is 0 Å². The molecule has 2 N–H and O–H groups in total. The van der Waals surface area contributed by atoms with Crippen LogP contribution in [0.1, 0.15) is 15.9 Å². The fraction of sp³-hybridized carbons (Fsp3) is 0.222. The lowest BCUT2D eigenvalue weighted by molar-refractivity contribution is 0.102. The van der Waals surface area contributed by atoms with Crippen molar-refractivity contribution >= 4 is 28.7 Å². The Labute approximate surface area is 95.1 Å². The van der Waals surface area contributed by atoms with Crippen molar-refractivity contribution in [3.63, 3.8) is 0 Å². The molecule has 6 heteroatoms. The summed E-state index contributed by atoms with van der Waals surface area (Å²) in [4.78, 5) is 11.2. The van der Waals surface area contributed by atoms with Gasteiger partial charge in [-0.1, -0.05) is 24.3 Å². The number of nitrogens with one attached hydrogen (secondary N) is 1. The van der Waals surface area contributed by atoms with Crippen LogP contribution in [0.5, 0.6) is 0 Å². The van der Waals surface area contributed by atoms with E-state index >= 15 is 0 Å². The summed E-state index contributed by atoms with van der Waals surface area (Å²) in [5.41, 5.74) is 1.36. The monoisotopic (exact) mass is 247 g/mol. The van der Waals surface area contributed by atoms with Crippen molar-refractivity contribution < 1.29 is 13.6 Å². The second kappa shape index (κ2) is 5.97. The minimum Gasteiger partial charge on any atom is -0.294 e. The Balaban J connectivity index is 2.64. The van der Waals surface area contributed by atoms with Crippen LogP contribution >= 0.6 is 11.6 Å². The molecule has 0 amide bonds. The molecule has 0 aliphatic heterocycles. The van der Waals surface area contributed by atoms with Crippen molar-refractivity contribution in [2.75, 3.05) is 5.88 Å². The van der Waals surface area contributed by atoms with Gasteiger partial charge in [0.25, 0.3) is 0 Å². The van der Waals surface area contributed by atoms with Gasteiger partial charge in [-0.2, -0.15) is 0 Å². The molecule has 1 unspecified atom stereocenters. The smallest absolute Gasteiger partial charge is 0.232 e. The van der Waals surface area contributed by atoms with Gasteiger partial charge in [-0.25, -0.2) is 8.93 Å². The van der Waals surface area contributed by atoms with Gasteiger partial charge in [0.15, 0.2) is 5.78 Å². The molecule has 0 bridgehead atoms. The molecule has 0 heterocycles. The van der Waals surface area contributed by atoms with E-state index < -0.39 is 11.3 Å². The molecule has 1 aromatic carbocycles. The summed E-state index contributed by atoms with van der Waals surface area (Å²) in [6, 6.07) is 6.70. The molecule has 0 fully saturated rings. The van der Waals surface area contributed by atoms with E-state index in [0.717, 1.165) is 5.56 Å². The van der Waals surface area contributed by atoms with Crippen LogP contribution in [0.4, 0.5) is 0 Å². The highest BCUT2D eigenvalue weighted by Gasteiger charge is 2.03. The first-order valence-corrected chi connectivity index (χ1v) is 5.80. The number of hydrogen-bond acceptors (Lipinski definition) is 2. The molecule has 0 aromatic heterocycles. The zero-order valence-corrected chi connectivity index (χ0v) is 9.35. The summed E-state index contributed by atoms with van der Waals surface area (Å²) >= 11 is 3.37. The predicted molar refractivity (Wildman–Crippen MR) is 59.1 cm³/mol. The van der Waals surface area contributed by atoms with Gasteiger partial charge >= 0.3 is 0 Å². The van der Waals surface area contributed by atoms with Gasteiger partial charge in [-0.15, -0.1) is 11.6 Å². The SMILES string of the molecule is O=C(CCl)c1ccc(CNS(=O)O)cc1. The Morgan fingerprint density at radius 2 is 2.00 bits per heavy atom. The lowest BCUT2D eigenvalue weighted by atomic mass is 10.1. The third-order valence-electron chi connectivity index (χ3n) is 1.80. The van der Waals surface area contributed by atoms with Crippen LogP contribution in [0.25, 0.3) is 0 Å². The lowest BCUT2D eigenvalue weighted by Crippen LogP contribution is -2.15. The van der Waals surface area contributed by atoms with Gasteiger partial charge in [0.1, 0.15) is 0 Å². The van der Waals surface area contributed by atoms with E-state index in [2.05, 4.69) is 4.72 Å². The molecular formula is C9H10ClNO3S. The second-order valence-corrected chi connectivity index (χ2v) is 3.88. The molecule has 0 aliphatic carbocycles. The highest BCUT2D eigenvalue weighted by atomic mass is 35.5. The zero-order chi connectivity index (χ0) is 11.3. The van der Waals surface area contributed by atoms with E-state index in [9.17, 15) is 9.00 Å². The highest BCUT2D eigenvalue weighted by molar-refractivity contribution is 7.77. The molecule has 1 rings (SSSR count). The summed E-state index contributed by atoms with van der Waals surface area (Å²) < 4.78 is 21.1. The molecule has 4 nitrogen and oxygen atoms in total. The lowest BCUT2D eigenvalue weighted by Gasteiger charge is -2.01. The number of rotatable bonds is 5. The normalized spacial score (nSPS) is 12.4. The summed E-state index contributed by atoms with van der Waals surface area (Å²) in [6.45, 7) is 0.276. The van der Waals surface area contributed by atoms with Crippen LogP contribution in [0.2, 0.25) is 0 Å². The van der Waals surface area contributed by atoms with Gasteiger partial charge in [0.05, 0.1) is 5.88 Å². The fourth-order valence-electron chi connectivity index (χ4n) is 1.03. The van der Waals surface area contributed by atoms with E-state index in [1.807, 2.05) is 0 Å². The van der Waals surface area contributed by atoms with Crippen LogP contribution in [0.3, 0.4) is 0 Å². The van der Waals surface area contributed by atoms with Crippen molar-refractivity contribution in [2.24, 2.45) is 0 Å². The summed E-state index contributed by atoms with van der Waals surface area (Å²) in [5.74, 6) is -0.181.